The molecule has 184 valence electrons. The van der Waals surface area contributed by atoms with Gasteiger partial charge < -0.3 is 19.4 Å². The molecule has 0 amide bonds. The third-order valence-corrected chi connectivity index (χ3v) is 6.27. The van der Waals surface area contributed by atoms with E-state index >= 15 is 0 Å². The number of hydrogen-bond donors (Lipinski definition) is 1. The highest BCUT2D eigenvalue weighted by atomic mass is 16.6. The lowest BCUT2D eigenvalue weighted by atomic mass is 9.84. The number of methoxy groups -OCH3 is 1. The van der Waals surface area contributed by atoms with Gasteiger partial charge in [0.25, 0.3) is 0 Å². The van der Waals surface area contributed by atoms with Gasteiger partial charge in [-0.2, -0.15) is 0 Å². The van der Waals surface area contributed by atoms with Gasteiger partial charge in [-0.1, -0.05) is 41.6 Å². The number of aromatic hydroxyl groups is 1. The fourth-order valence-electron chi connectivity index (χ4n) is 4.47. The SMILES string of the molecule is COc1ccc(/C(C)=N/OCc2nc3c4c(ncn3n2)Oc2cc(O)ccc2[C@@H]4c2ccccc2)cc1. The van der Waals surface area contributed by atoms with Crippen LogP contribution in [0.4, 0.5) is 0 Å². The number of phenolic OH excluding ortho intramolecular Hbond substituents is 1. The van der Waals surface area contributed by atoms with Gasteiger partial charge in [-0.15, -0.1) is 5.10 Å². The second-order valence-electron chi connectivity index (χ2n) is 8.61. The van der Waals surface area contributed by atoms with Crippen LogP contribution in [0.15, 0.2) is 84.3 Å². The molecule has 0 unspecified atom stereocenters. The maximum atomic E-state index is 10.0. The molecule has 9 heteroatoms. The smallest absolute Gasteiger partial charge is 0.228 e. The normalized spacial score (nSPS) is 14.5. The first kappa shape index (κ1) is 22.5. The molecule has 5 aromatic rings. The number of aromatic nitrogens is 4. The largest absolute Gasteiger partial charge is 0.508 e. The van der Waals surface area contributed by atoms with Gasteiger partial charge >= 0.3 is 0 Å². The van der Waals surface area contributed by atoms with Crippen LogP contribution in [0.2, 0.25) is 0 Å². The quantitative estimate of drug-likeness (QED) is 0.255. The molecule has 3 heterocycles. The molecule has 1 aliphatic rings. The maximum absolute atomic E-state index is 10.0. The van der Waals surface area contributed by atoms with Crippen molar-refractivity contribution in [2.75, 3.05) is 7.11 Å². The summed E-state index contributed by atoms with van der Waals surface area (Å²) in [6.45, 7) is 1.96. The van der Waals surface area contributed by atoms with Gasteiger partial charge in [-0.05, 0) is 48.4 Å². The van der Waals surface area contributed by atoms with E-state index in [4.69, 9.17) is 19.3 Å². The highest BCUT2D eigenvalue weighted by molar-refractivity contribution is 5.98. The molecule has 2 aromatic heterocycles. The number of phenols is 1. The van der Waals surface area contributed by atoms with Gasteiger partial charge in [-0.25, -0.2) is 14.5 Å². The third-order valence-electron chi connectivity index (χ3n) is 6.27. The van der Waals surface area contributed by atoms with E-state index in [9.17, 15) is 5.11 Å². The minimum absolute atomic E-state index is 0.0886. The molecule has 0 aliphatic carbocycles. The van der Waals surface area contributed by atoms with Crippen LogP contribution in [0.25, 0.3) is 5.65 Å². The van der Waals surface area contributed by atoms with Crippen LogP contribution in [0, 0.1) is 0 Å². The molecule has 0 saturated heterocycles. The fourth-order valence-corrected chi connectivity index (χ4v) is 4.47. The van der Waals surface area contributed by atoms with Crippen LogP contribution in [-0.4, -0.2) is 37.5 Å². The molecule has 6 rings (SSSR count). The second kappa shape index (κ2) is 9.27. The van der Waals surface area contributed by atoms with Gasteiger partial charge in [-0.3, -0.25) is 0 Å². The molecule has 0 fully saturated rings. The van der Waals surface area contributed by atoms with Crippen molar-refractivity contribution in [3.63, 3.8) is 0 Å². The fraction of sp³-hybridized carbons (Fsp3) is 0.143. The summed E-state index contributed by atoms with van der Waals surface area (Å²) in [5, 5.41) is 18.8. The Morgan fingerprint density at radius 2 is 1.89 bits per heavy atom. The Balaban J connectivity index is 1.33. The van der Waals surface area contributed by atoms with Crippen LogP contribution in [0.1, 0.15) is 40.9 Å². The van der Waals surface area contributed by atoms with Crippen LogP contribution in [0.5, 0.6) is 23.1 Å². The lowest BCUT2D eigenvalue weighted by molar-refractivity contribution is 0.125. The van der Waals surface area contributed by atoms with Crippen molar-refractivity contribution in [1.29, 1.82) is 0 Å². The summed E-state index contributed by atoms with van der Waals surface area (Å²) in [5.74, 6) is 2.15. The molecule has 9 nitrogen and oxygen atoms in total. The summed E-state index contributed by atoms with van der Waals surface area (Å²) in [5.41, 5.74) is 5.02. The molecule has 1 atom stereocenters. The first-order valence-electron chi connectivity index (χ1n) is 11.7. The molecule has 0 bridgehead atoms. The van der Waals surface area contributed by atoms with Crippen molar-refractivity contribution in [1.82, 2.24) is 19.6 Å². The molecular formula is C28H23N5O4. The van der Waals surface area contributed by atoms with E-state index in [1.807, 2.05) is 55.5 Å². The number of nitrogens with zero attached hydrogens (tertiary/aromatic N) is 5. The average molecular weight is 494 g/mol. The van der Waals surface area contributed by atoms with Gasteiger partial charge in [0.05, 0.1) is 18.4 Å². The Morgan fingerprint density at radius 3 is 2.68 bits per heavy atom. The first-order valence-corrected chi connectivity index (χ1v) is 11.7. The van der Waals surface area contributed by atoms with Gasteiger partial charge in [0.2, 0.25) is 5.88 Å². The zero-order chi connectivity index (χ0) is 25.4. The van der Waals surface area contributed by atoms with E-state index in [-0.39, 0.29) is 18.3 Å². The second-order valence-corrected chi connectivity index (χ2v) is 8.61. The lowest BCUT2D eigenvalue weighted by Gasteiger charge is -2.27. The number of hydrogen-bond acceptors (Lipinski definition) is 8. The standard InChI is InChI=1S/C28H23N5O4/c1-17(18-8-11-21(35-2)12-9-18)32-36-15-24-30-27-26-25(19-6-4-3-5-7-19)22-13-10-20(34)14-23(22)37-28(26)29-16-33(27)31-24/h3-14,16,25,34H,15H2,1-2H3/b32-17+/t25-/m0/s1. The summed E-state index contributed by atoms with van der Waals surface area (Å²) in [4.78, 5) is 14.8. The molecule has 0 radical (unpaired) electrons. The van der Waals surface area contributed by atoms with Gasteiger partial charge in [0.15, 0.2) is 18.1 Å². The van der Waals surface area contributed by atoms with Crippen molar-refractivity contribution < 1.29 is 19.4 Å². The number of ether oxygens (including phenoxy) is 2. The van der Waals surface area contributed by atoms with E-state index in [1.54, 1.807) is 30.1 Å². The van der Waals surface area contributed by atoms with Crippen LogP contribution < -0.4 is 9.47 Å². The highest BCUT2D eigenvalue weighted by Gasteiger charge is 2.33. The average Bonchev–Trinajstić information content (AvgIpc) is 3.35. The van der Waals surface area contributed by atoms with Gasteiger partial charge in [0.1, 0.15) is 23.6 Å². The summed E-state index contributed by atoms with van der Waals surface area (Å²) in [6.07, 6.45) is 1.56. The molecular weight excluding hydrogens is 470 g/mol. The van der Waals surface area contributed by atoms with Crippen molar-refractivity contribution >= 4 is 11.4 Å². The van der Waals surface area contributed by atoms with Crippen LogP contribution >= 0.6 is 0 Å². The van der Waals surface area contributed by atoms with Crippen LogP contribution in [-0.2, 0) is 11.4 Å². The van der Waals surface area contributed by atoms with Crippen molar-refractivity contribution in [3.05, 3.63) is 107 Å². The predicted octanol–water partition coefficient (Wildman–Crippen LogP) is 5.07. The molecule has 1 N–H and O–H groups in total. The monoisotopic (exact) mass is 493 g/mol. The lowest BCUT2D eigenvalue weighted by Crippen LogP contribution is -2.14. The number of rotatable bonds is 6. The predicted molar refractivity (Wildman–Crippen MR) is 136 cm³/mol. The Morgan fingerprint density at radius 1 is 1.08 bits per heavy atom. The Kier molecular flexibility index (Phi) is 5.65. The van der Waals surface area contributed by atoms with Crippen LogP contribution in [0.3, 0.4) is 0 Å². The van der Waals surface area contributed by atoms with E-state index in [1.165, 1.54) is 0 Å². The zero-order valence-electron chi connectivity index (χ0n) is 20.2. The van der Waals surface area contributed by atoms with E-state index in [0.717, 1.165) is 33.7 Å². The first-order chi connectivity index (χ1) is 18.1. The zero-order valence-corrected chi connectivity index (χ0v) is 20.2. The van der Waals surface area contributed by atoms with Crippen molar-refractivity contribution in [2.24, 2.45) is 5.16 Å². The third kappa shape index (κ3) is 4.20. The molecule has 3 aromatic carbocycles. The summed E-state index contributed by atoms with van der Waals surface area (Å²) in [6, 6.07) is 22.8. The Labute approximate surface area is 212 Å². The van der Waals surface area contributed by atoms with E-state index in [0.29, 0.717) is 23.1 Å². The highest BCUT2D eigenvalue weighted by Crippen LogP contribution is 2.48. The van der Waals surface area contributed by atoms with Crippen molar-refractivity contribution in [3.8, 4) is 23.1 Å². The van der Waals surface area contributed by atoms with E-state index in [2.05, 4.69) is 27.4 Å². The maximum Gasteiger partial charge on any atom is 0.228 e. The minimum Gasteiger partial charge on any atom is -0.508 e. The minimum atomic E-state index is -0.204. The van der Waals surface area contributed by atoms with Gasteiger partial charge in [0, 0.05) is 17.5 Å². The summed E-state index contributed by atoms with van der Waals surface area (Å²) < 4.78 is 12.9. The summed E-state index contributed by atoms with van der Waals surface area (Å²) >= 11 is 0. The Hall–Kier alpha value is -4.92. The molecule has 0 spiro atoms. The number of oxime groups is 1. The summed E-state index contributed by atoms with van der Waals surface area (Å²) in [7, 11) is 1.63. The van der Waals surface area contributed by atoms with Crippen molar-refractivity contribution in [2.45, 2.75) is 19.4 Å². The molecule has 1 aliphatic heterocycles. The van der Waals surface area contributed by atoms with E-state index < -0.39 is 0 Å². The topological polar surface area (TPSA) is 103 Å². The molecule has 0 saturated carbocycles. The number of benzene rings is 3. The number of fused-ring (bicyclic) bond motifs is 4. The molecule has 37 heavy (non-hydrogen) atoms. The Bertz CT molecular complexity index is 1610.